The Labute approximate surface area is 150 Å². The molecule has 8 nitrogen and oxygen atoms in total. The zero-order valence-electron chi connectivity index (χ0n) is 14.6. The van der Waals surface area contributed by atoms with Crippen LogP contribution in [0, 0.1) is 13.8 Å². The van der Waals surface area contributed by atoms with Gasteiger partial charge in [-0.05, 0) is 31.0 Å². The lowest BCUT2D eigenvalue weighted by atomic mass is 10.1. The van der Waals surface area contributed by atoms with E-state index in [1.165, 1.54) is 11.9 Å². The van der Waals surface area contributed by atoms with E-state index in [0.29, 0.717) is 23.4 Å². The predicted octanol–water partition coefficient (Wildman–Crippen LogP) is 1.83. The molecule has 26 heavy (non-hydrogen) atoms. The average Bonchev–Trinajstić information content (AvgIpc) is 3.22. The van der Waals surface area contributed by atoms with Crippen molar-refractivity contribution in [2.75, 3.05) is 11.9 Å². The van der Waals surface area contributed by atoms with Crippen LogP contribution in [0.1, 0.15) is 23.8 Å². The summed E-state index contributed by atoms with van der Waals surface area (Å²) >= 11 is 0. The van der Waals surface area contributed by atoms with Gasteiger partial charge in [0.15, 0.2) is 17.0 Å². The molecule has 3 heterocycles. The number of aryl methyl sites for hydroxylation is 1. The van der Waals surface area contributed by atoms with E-state index in [-0.39, 0.29) is 6.61 Å². The molecule has 2 aromatic heterocycles. The number of benzene rings is 1. The third kappa shape index (κ3) is 2.82. The van der Waals surface area contributed by atoms with Crippen LogP contribution >= 0.6 is 0 Å². The van der Waals surface area contributed by atoms with Crippen LogP contribution in [0.3, 0.4) is 0 Å². The van der Waals surface area contributed by atoms with E-state index in [1.807, 2.05) is 12.1 Å². The summed E-state index contributed by atoms with van der Waals surface area (Å²) < 4.78 is 7.48. The number of imidazole rings is 1. The lowest BCUT2D eigenvalue weighted by Gasteiger charge is -2.14. The van der Waals surface area contributed by atoms with Gasteiger partial charge in [-0.2, -0.15) is 0 Å². The summed E-state index contributed by atoms with van der Waals surface area (Å²) in [6.45, 7) is 3.89. The molecule has 0 bridgehead atoms. The van der Waals surface area contributed by atoms with Crippen molar-refractivity contribution in [2.45, 2.75) is 38.7 Å². The van der Waals surface area contributed by atoms with E-state index in [0.717, 1.165) is 11.3 Å². The SMILES string of the molecule is Cc1cccc(Nc2ncnc3c2ncn3[C@H]2C[C@H](O)[C@@H](CO)O2)c1C. The first-order chi connectivity index (χ1) is 12.6. The molecule has 1 fully saturated rings. The first-order valence-corrected chi connectivity index (χ1v) is 8.53. The Bertz CT molecular complexity index is 942. The second-order valence-corrected chi connectivity index (χ2v) is 6.53. The number of hydrogen-bond acceptors (Lipinski definition) is 7. The minimum absolute atomic E-state index is 0.223. The monoisotopic (exact) mass is 355 g/mol. The molecule has 3 aromatic rings. The molecule has 0 aliphatic carbocycles. The number of nitrogens with one attached hydrogen (secondary N) is 1. The van der Waals surface area contributed by atoms with Gasteiger partial charge in [-0.15, -0.1) is 0 Å². The number of aromatic nitrogens is 4. The maximum Gasteiger partial charge on any atom is 0.167 e. The van der Waals surface area contributed by atoms with Gasteiger partial charge in [0.2, 0.25) is 0 Å². The Hall–Kier alpha value is -2.55. The molecule has 0 amide bonds. The number of hydrogen-bond donors (Lipinski definition) is 3. The molecule has 1 saturated heterocycles. The van der Waals surface area contributed by atoms with E-state index in [4.69, 9.17) is 4.74 Å². The molecule has 0 radical (unpaired) electrons. The molecule has 0 saturated carbocycles. The van der Waals surface area contributed by atoms with Crippen LogP contribution in [0.2, 0.25) is 0 Å². The van der Waals surface area contributed by atoms with E-state index in [2.05, 4.69) is 40.2 Å². The summed E-state index contributed by atoms with van der Waals surface area (Å²) in [6, 6.07) is 6.05. The first-order valence-electron chi connectivity index (χ1n) is 8.53. The molecule has 0 spiro atoms. The first kappa shape index (κ1) is 16.9. The number of aliphatic hydroxyl groups excluding tert-OH is 2. The van der Waals surface area contributed by atoms with Crippen molar-refractivity contribution in [2.24, 2.45) is 0 Å². The Morgan fingerprint density at radius 3 is 2.88 bits per heavy atom. The van der Waals surface area contributed by atoms with E-state index < -0.39 is 18.4 Å². The number of nitrogens with zero attached hydrogens (tertiary/aromatic N) is 4. The fourth-order valence-electron chi connectivity index (χ4n) is 3.22. The normalized spacial score (nSPS) is 22.8. The van der Waals surface area contributed by atoms with Crippen molar-refractivity contribution in [1.29, 1.82) is 0 Å². The summed E-state index contributed by atoms with van der Waals surface area (Å²) in [5, 5.41) is 22.6. The van der Waals surface area contributed by atoms with Gasteiger partial charge in [0, 0.05) is 12.1 Å². The predicted molar refractivity (Wildman–Crippen MR) is 96.1 cm³/mol. The summed E-state index contributed by atoms with van der Waals surface area (Å²) in [7, 11) is 0. The maximum absolute atomic E-state index is 9.97. The fourth-order valence-corrected chi connectivity index (χ4v) is 3.22. The van der Waals surface area contributed by atoms with Crippen LogP contribution in [-0.2, 0) is 4.74 Å². The van der Waals surface area contributed by atoms with Gasteiger partial charge in [-0.1, -0.05) is 12.1 Å². The van der Waals surface area contributed by atoms with Crippen LogP contribution in [-0.4, -0.2) is 48.5 Å². The largest absolute Gasteiger partial charge is 0.394 e. The molecule has 1 aliphatic rings. The van der Waals surface area contributed by atoms with E-state index in [1.54, 1.807) is 10.9 Å². The zero-order chi connectivity index (χ0) is 18.3. The standard InChI is InChI=1S/C18H21N5O3/c1-10-4-3-5-12(11(10)2)22-17-16-18(20-8-19-17)23(9-21-16)15-6-13(25)14(7-24)26-15/h3-5,8-9,13-15,24-25H,6-7H2,1-2H3,(H,19,20,22)/t13-,14+,15+/m0/s1. The Morgan fingerprint density at radius 2 is 2.12 bits per heavy atom. The number of fused-ring (bicyclic) bond motifs is 1. The summed E-state index contributed by atoms with van der Waals surface area (Å²) in [5.74, 6) is 0.611. The minimum Gasteiger partial charge on any atom is -0.394 e. The van der Waals surface area contributed by atoms with Gasteiger partial charge in [0.1, 0.15) is 18.7 Å². The van der Waals surface area contributed by atoms with E-state index in [9.17, 15) is 10.2 Å². The fraction of sp³-hybridized carbons (Fsp3) is 0.389. The highest BCUT2D eigenvalue weighted by Crippen LogP contribution is 2.32. The van der Waals surface area contributed by atoms with E-state index >= 15 is 0 Å². The van der Waals surface area contributed by atoms with Crippen LogP contribution in [0.5, 0.6) is 0 Å². The highest BCUT2D eigenvalue weighted by Gasteiger charge is 2.35. The zero-order valence-corrected chi connectivity index (χ0v) is 14.6. The molecule has 3 N–H and O–H groups in total. The molecular formula is C18H21N5O3. The van der Waals surface area contributed by atoms with Gasteiger partial charge >= 0.3 is 0 Å². The van der Waals surface area contributed by atoms with Gasteiger partial charge in [-0.25, -0.2) is 15.0 Å². The maximum atomic E-state index is 9.97. The third-order valence-corrected chi connectivity index (χ3v) is 4.91. The van der Waals surface area contributed by atoms with Crippen LogP contribution in [0.4, 0.5) is 11.5 Å². The Morgan fingerprint density at radius 1 is 1.27 bits per heavy atom. The molecule has 0 unspecified atom stereocenters. The second kappa shape index (κ2) is 6.64. The molecule has 1 aromatic carbocycles. The number of rotatable bonds is 4. The lowest BCUT2D eigenvalue weighted by molar-refractivity contribution is -0.0432. The number of ether oxygens (including phenoxy) is 1. The van der Waals surface area contributed by atoms with Gasteiger partial charge in [0.05, 0.1) is 19.0 Å². The van der Waals surface area contributed by atoms with Gasteiger partial charge < -0.3 is 20.3 Å². The Kier molecular flexibility index (Phi) is 4.31. The molecule has 3 atom stereocenters. The lowest BCUT2D eigenvalue weighted by Crippen LogP contribution is -2.24. The number of anilines is 2. The van der Waals surface area contributed by atoms with Crippen molar-refractivity contribution in [1.82, 2.24) is 19.5 Å². The smallest absolute Gasteiger partial charge is 0.167 e. The molecule has 4 rings (SSSR count). The van der Waals surface area contributed by atoms with Crippen LogP contribution in [0.15, 0.2) is 30.9 Å². The van der Waals surface area contributed by atoms with Crippen molar-refractivity contribution in [3.63, 3.8) is 0 Å². The highest BCUT2D eigenvalue weighted by atomic mass is 16.5. The second-order valence-electron chi connectivity index (χ2n) is 6.53. The highest BCUT2D eigenvalue weighted by molar-refractivity contribution is 5.85. The number of aliphatic hydroxyl groups is 2. The van der Waals surface area contributed by atoms with Crippen LogP contribution < -0.4 is 5.32 Å². The third-order valence-electron chi connectivity index (χ3n) is 4.91. The summed E-state index contributed by atoms with van der Waals surface area (Å²) in [4.78, 5) is 13.1. The van der Waals surface area contributed by atoms with Crippen molar-refractivity contribution in [3.8, 4) is 0 Å². The molecule has 1 aliphatic heterocycles. The van der Waals surface area contributed by atoms with Crippen molar-refractivity contribution >= 4 is 22.7 Å². The van der Waals surface area contributed by atoms with Crippen molar-refractivity contribution in [3.05, 3.63) is 42.0 Å². The minimum atomic E-state index is -0.711. The summed E-state index contributed by atoms with van der Waals surface area (Å²) in [6.07, 6.45) is 1.76. The van der Waals surface area contributed by atoms with Gasteiger partial charge in [0.25, 0.3) is 0 Å². The summed E-state index contributed by atoms with van der Waals surface area (Å²) in [5.41, 5.74) is 4.54. The quantitative estimate of drug-likeness (QED) is 0.655. The van der Waals surface area contributed by atoms with Crippen LogP contribution in [0.25, 0.3) is 11.2 Å². The van der Waals surface area contributed by atoms with Gasteiger partial charge in [-0.3, -0.25) is 4.57 Å². The molecular weight excluding hydrogens is 334 g/mol. The average molecular weight is 355 g/mol. The molecule has 8 heteroatoms. The van der Waals surface area contributed by atoms with Crippen molar-refractivity contribution < 1.29 is 14.9 Å². The topological polar surface area (TPSA) is 105 Å². The molecule has 136 valence electrons. The Balaban J connectivity index is 1.69.